The van der Waals surface area contributed by atoms with E-state index >= 15 is 0 Å². The molecule has 0 aromatic heterocycles. The predicted octanol–water partition coefficient (Wildman–Crippen LogP) is 4.66. The molecule has 3 rings (SSSR count). The Hall–Kier alpha value is -3.40. The number of hydrazone groups is 1. The molecule has 0 spiro atoms. The highest BCUT2D eigenvalue weighted by molar-refractivity contribution is 5.82. The highest BCUT2D eigenvalue weighted by Gasteiger charge is 2.01. The van der Waals surface area contributed by atoms with Gasteiger partial charge in [0.25, 0.3) is 0 Å². The number of rotatable bonds is 8. The summed E-state index contributed by atoms with van der Waals surface area (Å²) in [5.41, 5.74) is 6.93. The fraction of sp³-hybridized carbons (Fsp3) is 0.167. The van der Waals surface area contributed by atoms with Gasteiger partial charge in [-0.3, -0.25) is 4.79 Å². The van der Waals surface area contributed by atoms with Gasteiger partial charge in [0.2, 0.25) is 5.91 Å². The van der Waals surface area contributed by atoms with Crippen LogP contribution < -0.4 is 10.2 Å². The normalized spacial score (nSPS) is 10.8. The first-order chi connectivity index (χ1) is 13.7. The van der Waals surface area contributed by atoms with Gasteiger partial charge < -0.3 is 4.74 Å². The van der Waals surface area contributed by atoms with Crippen LogP contribution in [0, 0.1) is 6.92 Å². The molecule has 0 unspecified atom stereocenters. The van der Waals surface area contributed by atoms with Gasteiger partial charge in [-0.15, -0.1) is 0 Å². The lowest BCUT2D eigenvalue weighted by atomic mass is 10.1. The highest BCUT2D eigenvalue weighted by Crippen LogP contribution is 2.14. The highest BCUT2D eigenvalue weighted by atomic mass is 16.5. The number of hydrogen-bond acceptors (Lipinski definition) is 3. The number of benzene rings is 3. The number of ether oxygens (including phenoxy) is 1. The predicted molar refractivity (Wildman–Crippen MR) is 112 cm³/mol. The van der Waals surface area contributed by atoms with E-state index in [-0.39, 0.29) is 5.91 Å². The topological polar surface area (TPSA) is 50.7 Å². The fourth-order valence-electron chi connectivity index (χ4n) is 2.67. The van der Waals surface area contributed by atoms with Crippen molar-refractivity contribution >= 4 is 12.1 Å². The Morgan fingerprint density at radius 1 is 0.964 bits per heavy atom. The van der Waals surface area contributed by atoms with Crippen LogP contribution in [0.5, 0.6) is 5.75 Å². The van der Waals surface area contributed by atoms with Crippen molar-refractivity contribution in [1.82, 2.24) is 5.43 Å². The molecule has 1 N–H and O–H groups in total. The SMILES string of the molecule is Cc1ccc(COc2cccc(/C=N/NC(=O)CCc3ccccc3)c2)cc1. The maximum Gasteiger partial charge on any atom is 0.240 e. The summed E-state index contributed by atoms with van der Waals surface area (Å²) in [6.45, 7) is 2.57. The third kappa shape index (κ3) is 6.40. The first-order valence-corrected chi connectivity index (χ1v) is 9.33. The molecule has 3 aromatic rings. The molecular formula is C24H24N2O2. The Balaban J connectivity index is 1.46. The molecule has 4 heteroatoms. The molecule has 28 heavy (non-hydrogen) atoms. The van der Waals surface area contributed by atoms with Crippen LogP contribution in [0.25, 0.3) is 0 Å². The molecule has 0 aliphatic carbocycles. The van der Waals surface area contributed by atoms with Gasteiger partial charge >= 0.3 is 0 Å². The minimum Gasteiger partial charge on any atom is -0.489 e. The average molecular weight is 372 g/mol. The molecule has 0 heterocycles. The Morgan fingerprint density at radius 3 is 2.54 bits per heavy atom. The molecule has 1 amide bonds. The molecule has 0 radical (unpaired) electrons. The Bertz CT molecular complexity index is 919. The average Bonchev–Trinajstić information content (AvgIpc) is 2.73. The minimum atomic E-state index is -0.105. The number of carbonyl (C=O) groups excluding carboxylic acids is 1. The zero-order chi connectivity index (χ0) is 19.6. The van der Waals surface area contributed by atoms with Crippen molar-refractivity contribution in [3.05, 3.63) is 101 Å². The van der Waals surface area contributed by atoms with E-state index < -0.39 is 0 Å². The first kappa shape index (κ1) is 19.4. The second-order valence-electron chi connectivity index (χ2n) is 6.63. The van der Waals surface area contributed by atoms with Crippen LogP contribution in [0.4, 0.5) is 0 Å². The van der Waals surface area contributed by atoms with Crippen LogP contribution in [-0.2, 0) is 17.8 Å². The number of nitrogens with one attached hydrogen (secondary N) is 1. The number of amides is 1. The number of nitrogens with zero attached hydrogens (tertiary/aromatic N) is 1. The summed E-state index contributed by atoms with van der Waals surface area (Å²) in [6, 6.07) is 25.8. The minimum absolute atomic E-state index is 0.105. The molecule has 4 nitrogen and oxygen atoms in total. The molecular weight excluding hydrogens is 348 g/mol. The number of hydrogen-bond donors (Lipinski definition) is 1. The molecule has 0 atom stereocenters. The van der Waals surface area contributed by atoms with E-state index in [0.29, 0.717) is 19.4 Å². The van der Waals surface area contributed by atoms with Crippen molar-refractivity contribution in [2.24, 2.45) is 5.10 Å². The second-order valence-corrected chi connectivity index (χ2v) is 6.63. The third-order valence-electron chi connectivity index (χ3n) is 4.27. The van der Waals surface area contributed by atoms with Gasteiger partial charge in [-0.2, -0.15) is 5.10 Å². The summed E-state index contributed by atoms with van der Waals surface area (Å²) < 4.78 is 5.84. The van der Waals surface area contributed by atoms with Gasteiger partial charge in [-0.25, -0.2) is 5.43 Å². The summed E-state index contributed by atoms with van der Waals surface area (Å²) in [4.78, 5) is 11.9. The zero-order valence-corrected chi connectivity index (χ0v) is 16.0. The van der Waals surface area contributed by atoms with E-state index in [1.54, 1.807) is 6.21 Å². The van der Waals surface area contributed by atoms with E-state index in [0.717, 1.165) is 22.4 Å². The van der Waals surface area contributed by atoms with Gasteiger partial charge in [-0.1, -0.05) is 72.3 Å². The van der Waals surface area contributed by atoms with Crippen molar-refractivity contribution in [2.75, 3.05) is 0 Å². The molecule has 142 valence electrons. The Labute approximate surface area is 165 Å². The standard InChI is InChI=1S/C24H24N2O2/c1-19-10-12-21(13-11-19)18-28-23-9-5-8-22(16-23)17-25-26-24(27)15-14-20-6-3-2-4-7-20/h2-13,16-17H,14-15,18H2,1H3,(H,26,27)/b25-17+. The van der Waals surface area contributed by atoms with Crippen LogP contribution in [0.3, 0.4) is 0 Å². The molecule has 0 aliphatic heterocycles. The van der Waals surface area contributed by atoms with Crippen molar-refractivity contribution in [3.63, 3.8) is 0 Å². The van der Waals surface area contributed by atoms with Crippen LogP contribution in [-0.4, -0.2) is 12.1 Å². The van der Waals surface area contributed by atoms with E-state index in [9.17, 15) is 4.79 Å². The van der Waals surface area contributed by atoms with Crippen molar-refractivity contribution in [1.29, 1.82) is 0 Å². The monoisotopic (exact) mass is 372 g/mol. The van der Waals surface area contributed by atoms with Gasteiger partial charge in [-0.05, 0) is 42.2 Å². The second kappa shape index (κ2) is 10.1. The van der Waals surface area contributed by atoms with E-state index in [2.05, 4.69) is 41.7 Å². The Kier molecular flexibility index (Phi) is 6.96. The maximum absolute atomic E-state index is 11.9. The summed E-state index contributed by atoms with van der Waals surface area (Å²) in [7, 11) is 0. The number of carbonyl (C=O) groups is 1. The summed E-state index contributed by atoms with van der Waals surface area (Å²) in [5, 5.41) is 4.04. The summed E-state index contributed by atoms with van der Waals surface area (Å²) >= 11 is 0. The first-order valence-electron chi connectivity index (χ1n) is 9.33. The fourth-order valence-corrected chi connectivity index (χ4v) is 2.67. The van der Waals surface area contributed by atoms with Gasteiger partial charge in [0.15, 0.2) is 0 Å². The molecule has 0 saturated heterocycles. The molecule has 0 bridgehead atoms. The van der Waals surface area contributed by atoms with Gasteiger partial charge in [0, 0.05) is 6.42 Å². The van der Waals surface area contributed by atoms with Crippen LogP contribution in [0.15, 0.2) is 84.0 Å². The van der Waals surface area contributed by atoms with E-state index in [1.165, 1.54) is 5.56 Å². The van der Waals surface area contributed by atoms with Crippen molar-refractivity contribution in [3.8, 4) is 5.75 Å². The lowest BCUT2D eigenvalue weighted by molar-refractivity contribution is -0.121. The maximum atomic E-state index is 11.9. The van der Waals surface area contributed by atoms with E-state index in [1.807, 2.05) is 54.6 Å². The number of aryl methyl sites for hydroxylation is 2. The van der Waals surface area contributed by atoms with Gasteiger partial charge in [0.1, 0.15) is 12.4 Å². The van der Waals surface area contributed by atoms with E-state index in [4.69, 9.17) is 4.74 Å². The lowest BCUT2D eigenvalue weighted by Gasteiger charge is -2.07. The lowest BCUT2D eigenvalue weighted by Crippen LogP contribution is -2.17. The van der Waals surface area contributed by atoms with Crippen LogP contribution >= 0.6 is 0 Å². The van der Waals surface area contributed by atoms with Crippen LogP contribution in [0.2, 0.25) is 0 Å². The van der Waals surface area contributed by atoms with Crippen LogP contribution in [0.1, 0.15) is 28.7 Å². The molecule has 3 aromatic carbocycles. The van der Waals surface area contributed by atoms with Crippen molar-refractivity contribution in [2.45, 2.75) is 26.4 Å². The third-order valence-corrected chi connectivity index (χ3v) is 4.27. The van der Waals surface area contributed by atoms with Crippen molar-refractivity contribution < 1.29 is 9.53 Å². The largest absolute Gasteiger partial charge is 0.489 e. The zero-order valence-electron chi connectivity index (χ0n) is 16.0. The van der Waals surface area contributed by atoms with Gasteiger partial charge in [0.05, 0.1) is 6.21 Å². The molecule has 0 fully saturated rings. The smallest absolute Gasteiger partial charge is 0.240 e. The quantitative estimate of drug-likeness (QED) is 0.462. The summed E-state index contributed by atoms with van der Waals surface area (Å²) in [6.07, 6.45) is 2.73. The Morgan fingerprint density at radius 2 is 1.75 bits per heavy atom. The molecule has 0 saturated carbocycles. The molecule has 0 aliphatic rings. The summed E-state index contributed by atoms with van der Waals surface area (Å²) in [5.74, 6) is 0.659.